The van der Waals surface area contributed by atoms with Gasteiger partial charge in [-0.25, -0.2) is 9.59 Å². The number of alkyl carbamates (subject to hydrolysis) is 1. The maximum absolute atomic E-state index is 11.1. The highest BCUT2D eigenvalue weighted by molar-refractivity contribution is 5.68. The van der Waals surface area contributed by atoms with Crippen LogP contribution in [0.2, 0.25) is 0 Å². The molecule has 0 aromatic heterocycles. The minimum atomic E-state index is -1.09. The van der Waals surface area contributed by atoms with Crippen LogP contribution in [0.5, 0.6) is 0 Å². The molecule has 17 heavy (non-hydrogen) atoms. The van der Waals surface area contributed by atoms with Crippen LogP contribution in [0.3, 0.4) is 0 Å². The number of carbonyl (C=O) groups is 2. The molecular weight excluding hydrogens is 226 g/mol. The zero-order valence-corrected chi connectivity index (χ0v) is 9.09. The Morgan fingerprint density at radius 2 is 1.94 bits per heavy atom. The third-order valence-electron chi connectivity index (χ3n) is 1.76. The molecular formula is C11H13NO5. The van der Waals surface area contributed by atoms with Crippen LogP contribution in [0.25, 0.3) is 0 Å². The largest absolute Gasteiger partial charge is 0.480 e. The number of carboxylic acid groups (broad SMARTS) is 1. The molecule has 1 aromatic carbocycles. The number of amides is 1. The van der Waals surface area contributed by atoms with Gasteiger partial charge in [-0.05, 0) is 5.56 Å². The van der Waals surface area contributed by atoms with Crippen LogP contribution < -0.4 is 5.32 Å². The summed E-state index contributed by atoms with van der Waals surface area (Å²) in [5, 5.41) is 10.5. The number of benzene rings is 1. The Hall–Kier alpha value is -2.08. The van der Waals surface area contributed by atoms with Crippen molar-refractivity contribution < 1.29 is 24.2 Å². The maximum Gasteiger partial charge on any atom is 0.409 e. The van der Waals surface area contributed by atoms with Gasteiger partial charge in [-0.15, -0.1) is 0 Å². The zero-order valence-electron chi connectivity index (χ0n) is 9.09. The van der Waals surface area contributed by atoms with E-state index in [0.29, 0.717) is 0 Å². The number of ether oxygens (including phenoxy) is 2. The Balaban J connectivity index is 2.11. The average molecular weight is 239 g/mol. The number of hydrogen-bond donors (Lipinski definition) is 2. The summed E-state index contributed by atoms with van der Waals surface area (Å²) in [6.07, 6.45) is -0.653. The predicted molar refractivity (Wildman–Crippen MR) is 58.2 cm³/mol. The molecule has 0 unspecified atom stereocenters. The Kier molecular flexibility index (Phi) is 5.53. The lowest BCUT2D eigenvalue weighted by Crippen LogP contribution is -2.28. The lowest BCUT2D eigenvalue weighted by atomic mass is 10.2. The van der Waals surface area contributed by atoms with Crippen molar-refractivity contribution >= 4 is 12.1 Å². The van der Waals surface area contributed by atoms with Gasteiger partial charge in [-0.3, -0.25) is 5.32 Å². The SMILES string of the molecule is O=C(O)COCNC(=O)OCc1ccccc1. The van der Waals surface area contributed by atoms with Crippen molar-refractivity contribution in [2.45, 2.75) is 6.61 Å². The number of hydrogen-bond acceptors (Lipinski definition) is 4. The fourth-order valence-electron chi connectivity index (χ4n) is 1.02. The number of carbonyl (C=O) groups excluding carboxylic acids is 1. The highest BCUT2D eigenvalue weighted by Crippen LogP contribution is 2.00. The van der Waals surface area contributed by atoms with E-state index in [1.165, 1.54) is 0 Å². The lowest BCUT2D eigenvalue weighted by Gasteiger charge is -2.06. The van der Waals surface area contributed by atoms with Crippen LogP contribution in [0.4, 0.5) is 4.79 Å². The molecule has 1 aromatic rings. The molecule has 6 heteroatoms. The second-order valence-electron chi connectivity index (χ2n) is 3.13. The summed E-state index contributed by atoms with van der Waals surface area (Å²) in [7, 11) is 0. The summed E-state index contributed by atoms with van der Waals surface area (Å²) in [5.74, 6) is -1.09. The molecule has 0 aliphatic heterocycles. The van der Waals surface area contributed by atoms with Crippen LogP contribution in [0, 0.1) is 0 Å². The number of carboxylic acids is 1. The predicted octanol–water partition coefficient (Wildman–Crippen LogP) is 0.971. The third-order valence-corrected chi connectivity index (χ3v) is 1.76. The standard InChI is InChI=1S/C11H13NO5/c13-10(14)7-16-8-12-11(15)17-6-9-4-2-1-3-5-9/h1-5H,6-8H2,(H,12,15)(H,13,14). The normalized spacial score (nSPS) is 9.65. The minimum Gasteiger partial charge on any atom is -0.480 e. The van der Waals surface area contributed by atoms with Crippen LogP contribution >= 0.6 is 0 Å². The molecule has 0 saturated carbocycles. The van der Waals surface area contributed by atoms with Crippen molar-refractivity contribution in [1.82, 2.24) is 5.32 Å². The first kappa shape index (κ1) is 13.0. The molecule has 0 heterocycles. The Morgan fingerprint density at radius 1 is 1.24 bits per heavy atom. The van der Waals surface area contributed by atoms with E-state index in [9.17, 15) is 9.59 Å². The van der Waals surface area contributed by atoms with Crippen molar-refractivity contribution in [3.8, 4) is 0 Å². The Morgan fingerprint density at radius 3 is 2.59 bits per heavy atom. The van der Waals surface area contributed by atoms with Crippen molar-refractivity contribution in [2.24, 2.45) is 0 Å². The lowest BCUT2D eigenvalue weighted by molar-refractivity contribution is -0.142. The maximum atomic E-state index is 11.1. The third kappa shape index (κ3) is 6.16. The van der Waals surface area contributed by atoms with Crippen molar-refractivity contribution in [2.75, 3.05) is 13.3 Å². The molecule has 0 atom stereocenters. The molecule has 0 radical (unpaired) electrons. The van der Waals surface area contributed by atoms with Gasteiger partial charge in [0.25, 0.3) is 0 Å². The molecule has 0 aliphatic rings. The van der Waals surface area contributed by atoms with Gasteiger partial charge in [0.05, 0.1) is 0 Å². The highest BCUT2D eigenvalue weighted by atomic mass is 16.6. The van der Waals surface area contributed by atoms with Crippen molar-refractivity contribution in [3.63, 3.8) is 0 Å². The van der Waals surface area contributed by atoms with Crippen molar-refractivity contribution in [3.05, 3.63) is 35.9 Å². The van der Waals surface area contributed by atoms with E-state index in [1.54, 1.807) is 0 Å². The monoisotopic (exact) mass is 239 g/mol. The molecule has 1 rings (SSSR count). The smallest absolute Gasteiger partial charge is 0.409 e. The van der Waals surface area contributed by atoms with E-state index >= 15 is 0 Å². The molecule has 0 bridgehead atoms. The summed E-state index contributed by atoms with van der Waals surface area (Å²) in [5.41, 5.74) is 0.870. The van der Waals surface area contributed by atoms with Gasteiger partial charge in [0.15, 0.2) is 0 Å². The fourth-order valence-corrected chi connectivity index (χ4v) is 1.02. The van der Waals surface area contributed by atoms with Gasteiger partial charge in [0.1, 0.15) is 19.9 Å². The van der Waals surface area contributed by atoms with E-state index in [4.69, 9.17) is 9.84 Å². The minimum absolute atomic E-state index is 0.158. The summed E-state index contributed by atoms with van der Waals surface area (Å²) in [4.78, 5) is 21.2. The van der Waals surface area contributed by atoms with Crippen LogP contribution in [-0.4, -0.2) is 30.5 Å². The summed E-state index contributed by atoms with van der Waals surface area (Å²) in [6, 6.07) is 9.20. The second kappa shape index (κ2) is 7.24. The first-order valence-electron chi connectivity index (χ1n) is 4.92. The average Bonchev–Trinajstić information content (AvgIpc) is 2.33. The quantitative estimate of drug-likeness (QED) is 0.570. The topological polar surface area (TPSA) is 84.9 Å². The number of nitrogens with one attached hydrogen (secondary N) is 1. The van der Waals surface area contributed by atoms with Gasteiger partial charge in [0.2, 0.25) is 0 Å². The number of aliphatic carboxylic acids is 1. The van der Waals surface area contributed by atoms with E-state index in [0.717, 1.165) is 5.56 Å². The highest BCUT2D eigenvalue weighted by Gasteiger charge is 2.02. The molecule has 0 spiro atoms. The Bertz CT molecular complexity index is 365. The van der Waals surface area contributed by atoms with E-state index in [2.05, 4.69) is 10.1 Å². The molecule has 1 amide bonds. The summed E-state index contributed by atoms with van der Waals surface area (Å²) in [6.45, 7) is -0.496. The summed E-state index contributed by atoms with van der Waals surface area (Å²) < 4.78 is 9.46. The van der Waals surface area contributed by atoms with Gasteiger partial charge < -0.3 is 14.6 Å². The first-order valence-corrected chi connectivity index (χ1v) is 4.92. The molecule has 92 valence electrons. The van der Waals surface area contributed by atoms with E-state index in [-0.39, 0.29) is 13.3 Å². The zero-order chi connectivity index (χ0) is 12.5. The van der Waals surface area contributed by atoms with Gasteiger partial charge in [0, 0.05) is 0 Å². The van der Waals surface area contributed by atoms with E-state index in [1.807, 2.05) is 30.3 Å². The number of rotatable bonds is 6. The van der Waals surface area contributed by atoms with Crippen LogP contribution in [0.1, 0.15) is 5.56 Å². The molecule has 6 nitrogen and oxygen atoms in total. The van der Waals surface area contributed by atoms with E-state index < -0.39 is 18.7 Å². The molecule has 0 fully saturated rings. The van der Waals surface area contributed by atoms with Crippen molar-refractivity contribution in [1.29, 1.82) is 0 Å². The summed E-state index contributed by atoms with van der Waals surface area (Å²) >= 11 is 0. The van der Waals surface area contributed by atoms with Gasteiger partial charge in [-0.1, -0.05) is 30.3 Å². The van der Waals surface area contributed by atoms with Gasteiger partial charge >= 0.3 is 12.1 Å². The second-order valence-corrected chi connectivity index (χ2v) is 3.13. The van der Waals surface area contributed by atoms with Crippen LogP contribution in [-0.2, 0) is 20.9 Å². The van der Waals surface area contributed by atoms with Crippen LogP contribution in [0.15, 0.2) is 30.3 Å². The fraction of sp³-hybridized carbons (Fsp3) is 0.273. The Labute approximate surface area is 98.2 Å². The molecule has 0 saturated heterocycles. The molecule has 0 aliphatic carbocycles. The molecule has 2 N–H and O–H groups in total. The first-order chi connectivity index (χ1) is 8.18. The van der Waals surface area contributed by atoms with Gasteiger partial charge in [-0.2, -0.15) is 0 Å².